The third-order valence-corrected chi connectivity index (χ3v) is 5.18. The van der Waals surface area contributed by atoms with Crippen molar-refractivity contribution in [2.24, 2.45) is 0 Å². The van der Waals surface area contributed by atoms with E-state index in [0.29, 0.717) is 6.61 Å². The van der Waals surface area contributed by atoms with Crippen LogP contribution in [0.3, 0.4) is 0 Å². The summed E-state index contributed by atoms with van der Waals surface area (Å²) in [6.07, 6.45) is 6.89. The van der Waals surface area contributed by atoms with Gasteiger partial charge in [-0.15, -0.1) is 0 Å². The first-order chi connectivity index (χ1) is 11.9. The third kappa shape index (κ3) is 3.46. The summed E-state index contributed by atoms with van der Waals surface area (Å²) in [5, 5.41) is 2.48. The standard InChI is InChI=1S/C23H24O/c1-2-6-19(7-3-1)21-12-10-18(11-13-21)17-24-23-15-14-20-8-4-5-9-22(20)16-23/h4-5,8-16,19H,1-3,6-7,17H2. The average molecular weight is 316 g/mol. The molecule has 0 unspecified atom stereocenters. The second kappa shape index (κ2) is 7.09. The number of rotatable bonds is 4. The Balaban J connectivity index is 1.41. The summed E-state index contributed by atoms with van der Waals surface area (Å²) in [4.78, 5) is 0. The highest BCUT2D eigenvalue weighted by Gasteiger charge is 2.15. The predicted molar refractivity (Wildman–Crippen MR) is 101 cm³/mol. The Kier molecular flexibility index (Phi) is 4.51. The SMILES string of the molecule is c1ccc2cc(OCc3ccc(C4CCCCC4)cc3)ccc2c1. The first kappa shape index (κ1) is 15.3. The molecular formula is C23H24O. The molecule has 0 N–H and O–H groups in total. The molecule has 122 valence electrons. The normalized spacial score (nSPS) is 15.5. The summed E-state index contributed by atoms with van der Waals surface area (Å²) in [6.45, 7) is 0.628. The average Bonchev–Trinajstić information content (AvgIpc) is 2.67. The third-order valence-electron chi connectivity index (χ3n) is 5.18. The van der Waals surface area contributed by atoms with E-state index >= 15 is 0 Å². The molecule has 1 nitrogen and oxygen atoms in total. The van der Waals surface area contributed by atoms with Gasteiger partial charge in [0.2, 0.25) is 0 Å². The molecule has 0 aromatic heterocycles. The van der Waals surface area contributed by atoms with E-state index in [9.17, 15) is 0 Å². The van der Waals surface area contributed by atoms with Gasteiger partial charge >= 0.3 is 0 Å². The quantitative estimate of drug-likeness (QED) is 0.536. The minimum absolute atomic E-state index is 0.628. The van der Waals surface area contributed by atoms with E-state index in [0.717, 1.165) is 11.7 Å². The van der Waals surface area contributed by atoms with Crippen molar-refractivity contribution in [2.45, 2.75) is 44.6 Å². The van der Waals surface area contributed by atoms with Gasteiger partial charge in [0.05, 0.1) is 0 Å². The fraction of sp³-hybridized carbons (Fsp3) is 0.304. The predicted octanol–water partition coefficient (Wildman–Crippen LogP) is 6.47. The zero-order valence-corrected chi connectivity index (χ0v) is 14.1. The fourth-order valence-electron chi connectivity index (χ4n) is 3.75. The summed E-state index contributed by atoms with van der Waals surface area (Å²) >= 11 is 0. The maximum absolute atomic E-state index is 5.99. The second-order valence-electron chi connectivity index (χ2n) is 6.87. The van der Waals surface area contributed by atoms with Crippen molar-refractivity contribution in [3.8, 4) is 5.75 Å². The Morgan fingerprint density at radius 3 is 2.29 bits per heavy atom. The molecule has 1 heteroatoms. The lowest BCUT2D eigenvalue weighted by molar-refractivity contribution is 0.306. The lowest BCUT2D eigenvalue weighted by atomic mass is 9.84. The largest absolute Gasteiger partial charge is 0.489 e. The first-order valence-electron chi connectivity index (χ1n) is 9.09. The molecule has 4 rings (SSSR count). The van der Waals surface area contributed by atoms with E-state index in [1.54, 1.807) is 0 Å². The van der Waals surface area contributed by atoms with Crippen LogP contribution in [0, 0.1) is 0 Å². The molecule has 1 aliphatic carbocycles. The van der Waals surface area contributed by atoms with E-state index < -0.39 is 0 Å². The van der Waals surface area contributed by atoms with E-state index in [1.807, 2.05) is 0 Å². The molecule has 0 radical (unpaired) electrons. The van der Waals surface area contributed by atoms with Crippen molar-refractivity contribution in [1.29, 1.82) is 0 Å². The molecular weight excluding hydrogens is 292 g/mol. The summed E-state index contributed by atoms with van der Waals surface area (Å²) in [5.74, 6) is 1.71. The molecule has 0 saturated heterocycles. The van der Waals surface area contributed by atoms with Gasteiger partial charge in [0.1, 0.15) is 12.4 Å². The van der Waals surface area contributed by atoms with Crippen LogP contribution >= 0.6 is 0 Å². The van der Waals surface area contributed by atoms with Crippen molar-refractivity contribution in [1.82, 2.24) is 0 Å². The van der Waals surface area contributed by atoms with Crippen LogP contribution in [0.15, 0.2) is 66.7 Å². The molecule has 0 heterocycles. The van der Waals surface area contributed by atoms with Gasteiger partial charge in [0.25, 0.3) is 0 Å². The second-order valence-corrected chi connectivity index (χ2v) is 6.87. The lowest BCUT2D eigenvalue weighted by Gasteiger charge is -2.22. The van der Waals surface area contributed by atoms with Crippen LogP contribution in [0.5, 0.6) is 5.75 Å². The van der Waals surface area contributed by atoms with Crippen molar-refractivity contribution in [3.05, 3.63) is 77.9 Å². The minimum atomic E-state index is 0.628. The van der Waals surface area contributed by atoms with Gasteiger partial charge in [-0.1, -0.05) is 73.9 Å². The van der Waals surface area contributed by atoms with Crippen LogP contribution in [-0.2, 0) is 6.61 Å². The van der Waals surface area contributed by atoms with Gasteiger partial charge < -0.3 is 4.74 Å². The van der Waals surface area contributed by atoms with E-state index in [-0.39, 0.29) is 0 Å². The van der Waals surface area contributed by atoms with Crippen LogP contribution in [0.2, 0.25) is 0 Å². The molecule has 1 aliphatic rings. The van der Waals surface area contributed by atoms with Gasteiger partial charge in [-0.3, -0.25) is 0 Å². The van der Waals surface area contributed by atoms with E-state index in [1.165, 1.54) is 54.0 Å². The number of hydrogen-bond donors (Lipinski definition) is 0. The number of hydrogen-bond acceptors (Lipinski definition) is 1. The number of benzene rings is 3. The summed E-state index contributed by atoms with van der Waals surface area (Å²) in [5.41, 5.74) is 2.74. The van der Waals surface area contributed by atoms with Gasteiger partial charge in [0.15, 0.2) is 0 Å². The molecule has 3 aromatic rings. The Hall–Kier alpha value is -2.28. The van der Waals surface area contributed by atoms with Crippen molar-refractivity contribution >= 4 is 10.8 Å². The molecule has 0 amide bonds. The van der Waals surface area contributed by atoms with Crippen molar-refractivity contribution in [2.75, 3.05) is 0 Å². The number of ether oxygens (including phenoxy) is 1. The van der Waals surface area contributed by atoms with E-state index in [2.05, 4.69) is 66.7 Å². The Morgan fingerprint density at radius 1 is 0.750 bits per heavy atom. The van der Waals surface area contributed by atoms with Crippen LogP contribution in [0.4, 0.5) is 0 Å². The fourth-order valence-corrected chi connectivity index (χ4v) is 3.75. The van der Waals surface area contributed by atoms with Crippen molar-refractivity contribution in [3.63, 3.8) is 0 Å². The first-order valence-corrected chi connectivity index (χ1v) is 9.09. The Bertz CT molecular complexity index is 798. The lowest BCUT2D eigenvalue weighted by Crippen LogP contribution is -2.04. The Morgan fingerprint density at radius 2 is 1.50 bits per heavy atom. The maximum atomic E-state index is 5.99. The molecule has 0 spiro atoms. The van der Waals surface area contributed by atoms with Crippen LogP contribution in [-0.4, -0.2) is 0 Å². The van der Waals surface area contributed by atoms with Crippen molar-refractivity contribution < 1.29 is 4.74 Å². The topological polar surface area (TPSA) is 9.23 Å². The minimum Gasteiger partial charge on any atom is -0.489 e. The molecule has 1 fully saturated rings. The van der Waals surface area contributed by atoms with Gasteiger partial charge in [0, 0.05) is 0 Å². The Labute approximate surface area is 144 Å². The molecule has 0 atom stereocenters. The zero-order chi connectivity index (χ0) is 16.2. The maximum Gasteiger partial charge on any atom is 0.120 e. The zero-order valence-electron chi connectivity index (χ0n) is 14.1. The summed E-state index contributed by atoms with van der Waals surface area (Å²) < 4.78 is 5.99. The smallest absolute Gasteiger partial charge is 0.120 e. The van der Waals surface area contributed by atoms with Crippen LogP contribution < -0.4 is 4.74 Å². The molecule has 24 heavy (non-hydrogen) atoms. The van der Waals surface area contributed by atoms with Crippen LogP contribution in [0.25, 0.3) is 10.8 Å². The van der Waals surface area contributed by atoms with Gasteiger partial charge in [-0.2, -0.15) is 0 Å². The van der Waals surface area contributed by atoms with E-state index in [4.69, 9.17) is 4.74 Å². The summed E-state index contributed by atoms with van der Waals surface area (Å²) in [7, 11) is 0. The molecule has 0 aliphatic heterocycles. The highest BCUT2D eigenvalue weighted by Crippen LogP contribution is 2.32. The molecule has 3 aromatic carbocycles. The highest BCUT2D eigenvalue weighted by atomic mass is 16.5. The molecule has 1 saturated carbocycles. The monoisotopic (exact) mass is 316 g/mol. The number of fused-ring (bicyclic) bond motifs is 1. The highest BCUT2D eigenvalue weighted by molar-refractivity contribution is 5.83. The summed E-state index contributed by atoms with van der Waals surface area (Å²) in [6, 6.07) is 23.7. The van der Waals surface area contributed by atoms with Crippen LogP contribution in [0.1, 0.15) is 49.1 Å². The molecule has 0 bridgehead atoms. The van der Waals surface area contributed by atoms with Gasteiger partial charge in [-0.25, -0.2) is 0 Å². The van der Waals surface area contributed by atoms with Gasteiger partial charge in [-0.05, 0) is 52.8 Å².